The van der Waals surface area contributed by atoms with E-state index in [4.69, 9.17) is 9.47 Å². The van der Waals surface area contributed by atoms with Gasteiger partial charge in [-0.3, -0.25) is 4.79 Å². The van der Waals surface area contributed by atoms with Crippen LogP contribution in [0.5, 0.6) is 0 Å². The van der Waals surface area contributed by atoms with Gasteiger partial charge in [-0.1, -0.05) is 6.92 Å². The summed E-state index contributed by atoms with van der Waals surface area (Å²) in [5.41, 5.74) is 0. The summed E-state index contributed by atoms with van der Waals surface area (Å²) in [5, 5.41) is 9.78. The third kappa shape index (κ3) is 2.97. The van der Waals surface area contributed by atoms with E-state index in [1.54, 1.807) is 4.90 Å². The molecular weight excluding hydrogens is 222 g/mol. The van der Waals surface area contributed by atoms with Gasteiger partial charge in [-0.15, -0.1) is 0 Å². The molecule has 0 bridgehead atoms. The van der Waals surface area contributed by atoms with Crippen molar-refractivity contribution in [3.05, 3.63) is 0 Å². The van der Waals surface area contributed by atoms with E-state index < -0.39 is 6.10 Å². The van der Waals surface area contributed by atoms with E-state index >= 15 is 0 Å². The van der Waals surface area contributed by atoms with Crippen molar-refractivity contribution in [1.82, 2.24) is 4.90 Å². The van der Waals surface area contributed by atoms with E-state index in [1.165, 1.54) is 0 Å². The molecule has 3 unspecified atom stereocenters. The molecule has 2 fully saturated rings. The molecule has 5 heteroatoms. The smallest absolute Gasteiger partial charge is 0.254 e. The SMILES string of the molecule is CCC1CN(C(=O)C2COCCO2)CCC1O. The first-order valence-electron chi connectivity index (χ1n) is 6.38. The van der Waals surface area contributed by atoms with Crippen molar-refractivity contribution >= 4 is 5.91 Å². The number of carbonyl (C=O) groups excluding carboxylic acids is 1. The first-order valence-corrected chi connectivity index (χ1v) is 6.38. The molecule has 98 valence electrons. The van der Waals surface area contributed by atoms with Crippen molar-refractivity contribution in [3.8, 4) is 0 Å². The fourth-order valence-electron chi connectivity index (χ4n) is 2.46. The number of aliphatic hydroxyl groups excluding tert-OH is 1. The third-order valence-corrected chi connectivity index (χ3v) is 3.62. The molecule has 0 aromatic carbocycles. The van der Waals surface area contributed by atoms with Crippen LogP contribution in [0.4, 0.5) is 0 Å². The highest BCUT2D eigenvalue weighted by atomic mass is 16.6. The van der Waals surface area contributed by atoms with Gasteiger partial charge < -0.3 is 19.5 Å². The lowest BCUT2D eigenvalue weighted by Crippen LogP contribution is -2.51. The van der Waals surface area contributed by atoms with Crippen LogP contribution in [0.15, 0.2) is 0 Å². The summed E-state index contributed by atoms with van der Waals surface area (Å²) in [7, 11) is 0. The predicted molar refractivity (Wildman–Crippen MR) is 61.5 cm³/mol. The largest absolute Gasteiger partial charge is 0.393 e. The molecule has 0 spiro atoms. The quantitative estimate of drug-likeness (QED) is 0.743. The van der Waals surface area contributed by atoms with Crippen LogP contribution in [0, 0.1) is 5.92 Å². The average Bonchev–Trinajstić information content (AvgIpc) is 2.39. The highest BCUT2D eigenvalue weighted by Crippen LogP contribution is 2.21. The summed E-state index contributed by atoms with van der Waals surface area (Å²) in [6.07, 6.45) is 0.842. The van der Waals surface area contributed by atoms with E-state index in [0.717, 1.165) is 6.42 Å². The van der Waals surface area contributed by atoms with Gasteiger partial charge in [0, 0.05) is 19.0 Å². The average molecular weight is 243 g/mol. The maximum Gasteiger partial charge on any atom is 0.254 e. The van der Waals surface area contributed by atoms with E-state index in [-0.39, 0.29) is 17.9 Å². The number of amides is 1. The first-order chi connectivity index (χ1) is 8.22. The van der Waals surface area contributed by atoms with Gasteiger partial charge in [-0.2, -0.15) is 0 Å². The molecule has 2 saturated heterocycles. The molecule has 0 aliphatic carbocycles. The lowest BCUT2D eigenvalue weighted by Gasteiger charge is -2.37. The molecular formula is C12H21NO4. The van der Waals surface area contributed by atoms with Crippen molar-refractivity contribution in [2.24, 2.45) is 5.92 Å². The Hall–Kier alpha value is -0.650. The lowest BCUT2D eigenvalue weighted by molar-refractivity contribution is -0.161. The molecule has 0 saturated carbocycles. The Balaban J connectivity index is 1.90. The van der Waals surface area contributed by atoms with Gasteiger partial charge in [0.25, 0.3) is 5.91 Å². The number of piperidine rings is 1. The number of likely N-dealkylation sites (tertiary alicyclic amines) is 1. The second-order valence-corrected chi connectivity index (χ2v) is 4.74. The monoisotopic (exact) mass is 243 g/mol. The summed E-state index contributed by atoms with van der Waals surface area (Å²) in [4.78, 5) is 14.0. The molecule has 2 rings (SSSR count). The zero-order valence-electron chi connectivity index (χ0n) is 10.3. The van der Waals surface area contributed by atoms with Gasteiger partial charge in [-0.05, 0) is 12.8 Å². The van der Waals surface area contributed by atoms with Crippen molar-refractivity contribution in [2.75, 3.05) is 32.9 Å². The topological polar surface area (TPSA) is 59.0 Å². The van der Waals surface area contributed by atoms with Gasteiger partial charge in [0.15, 0.2) is 6.10 Å². The molecule has 2 aliphatic heterocycles. The normalized spacial score (nSPS) is 34.7. The molecule has 2 aliphatic rings. The highest BCUT2D eigenvalue weighted by molar-refractivity contribution is 5.81. The molecule has 0 radical (unpaired) electrons. The zero-order chi connectivity index (χ0) is 12.3. The number of carbonyl (C=O) groups is 1. The Labute approximate surface area is 102 Å². The maximum absolute atomic E-state index is 12.2. The molecule has 3 atom stereocenters. The van der Waals surface area contributed by atoms with Crippen LogP contribution in [-0.4, -0.2) is 61.0 Å². The Morgan fingerprint density at radius 2 is 2.29 bits per heavy atom. The minimum atomic E-state index is -0.448. The van der Waals surface area contributed by atoms with Gasteiger partial charge in [0.2, 0.25) is 0 Å². The Bertz CT molecular complexity index is 265. The van der Waals surface area contributed by atoms with Gasteiger partial charge in [-0.25, -0.2) is 0 Å². The molecule has 0 aromatic heterocycles. The minimum absolute atomic E-state index is 0.00931. The summed E-state index contributed by atoms with van der Waals surface area (Å²) in [5.74, 6) is 0.201. The second-order valence-electron chi connectivity index (χ2n) is 4.74. The van der Waals surface area contributed by atoms with Crippen LogP contribution in [0.3, 0.4) is 0 Å². The van der Waals surface area contributed by atoms with Gasteiger partial charge in [0.1, 0.15) is 0 Å². The summed E-state index contributed by atoms with van der Waals surface area (Å²) in [6, 6.07) is 0. The fourth-order valence-corrected chi connectivity index (χ4v) is 2.46. The third-order valence-electron chi connectivity index (χ3n) is 3.62. The molecule has 1 N–H and O–H groups in total. The number of ether oxygens (including phenoxy) is 2. The molecule has 5 nitrogen and oxygen atoms in total. The van der Waals surface area contributed by atoms with Gasteiger partial charge >= 0.3 is 0 Å². The van der Waals surface area contributed by atoms with E-state index in [9.17, 15) is 9.90 Å². The van der Waals surface area contributed by atoms with Crippen LogP contribution in [0.1, 0.15) is 19.8 Å². The standard InChI is InChI=1S/C12H21NO4/c1-2-9-7-13(4-3-10(9)14)12(15)11-8-16-5-6-17-11/h9-11,14H,2-8H2,1H3. The number of hydrogen-bond donors (Lipinski definition) is 1. The molecule has 0 aromatic rings. The number of rotatable bonds is 2. The number of nitrogens with zero attached hydrogens (tertiary/aromatic N) is 1. The minimum Gasteiger partial charge on any atom is -0.393 e. The van der Waals surface area contributed by atoms with Crippen LogP contribution in [0.25, 0.3) is 0 Å². The second kappa shape index (κ2) is 5.80. The van der Waals surface area contributed by atoms with Crippen molar-refractivity contribution in [1.29, 1.82) is 0 Å². The summed E-state index contributed by atoms with van der Waals surface area (Å²) < 4.78 is 10.7. The Kier molecular flexibility index (Phi) is 4.36. The Morgan fingerprint density at radius 1 is 1.47 bits per heavy atom. The lowest BCUT2D eigenvalue weighted by atomic mass is 9.92. The Morgan fingerprint density at radius 3 is 2.94 bits per heavy atom. The molecule has 2 heterocycles. The van der Waals surface area contributed by atoms with Crippen LogP contribution in [0.2, 0.25) is 0 Å². The molecule has 17 heavy (non-hydrogen) atoms. The van der Waals surface area contributed by atoms with Crippen molar-refractivity contribution < 1.29 is 19.4 Å². The van der Waals surface area contributed by atoms with Crippen LogP contribution < -0.4 is 0 Å². The van der Waals surface area contributed by atoms with Crippen molar-refractivity contribution in [3.63, 3.8) is 0 Å². The van der Waals surface area contributed by atoms with Crippen LogP contribution >= 0.6 is 0 Å². The van der Waals surface area contributed by atoms with Crippen molar-refractivity contribution in [2.45, 2.75) is 32.0 Å². The number of hydrogen-bond acceptors (Lipinski definition) is 4. The highest BCUT2D eigenvalue weighted by Gasteiger charge is 2.33. The fraction of sp³-hybridized carbons (Fsp3) is 0.917. The van der Waals surface area contributed by atoms with Crippen LogP contribution in [-0.2, 0) is 14.3 Å². The zero-order valence-corrected chi connectivity index (χ0v) is 10.3. The van der Waals surface area contributed by atoms with Gasteiger partial charge in [0.05, 0.1) is 25.9 Å². The van der Waals surface area contributed by atoms with E-state index in [2.05, 4.69) is 0 Å². The summed E-state index contributed by atoms with van der Waals surface area (Å²) in [6.45, 7) is 4.72. The van der Waals surface area contributed by atoms with E-state index in [0.29, 0.717) is 39.3 Å². The predicted octanol–water partition coefficient (Wildman–Crippen LogP) is 0.0212. The first kappa shape index (κ1) is 12.8. The maximum atomic E-state index is 12.2. The molecule has 1 amide bonds. The summed E-state index contributed by atoms with van der Waals surface area (Å²) >= 11 is 0. The van der Waals surface area contributed by atoms with E-state index in [1.807, 2.05) is 6.92 Å². The number of aliphatic hydroxyl groups is 1.